The summed E-state index contributed by atoms with van der Waals surface area (Å²) in [5.41, 5.74) is 4.34. The molecule has 0 unspecified atom stereocenters. The molecule has 0 aliphatic rings. The highest BCUT2D eigenvalue weighted by Crippen LogP contribution is 2.20. The Morgan fingerprint density at radius 2 is 1.82 bits per heavy atom. The van der Waals surface area contributed by atoms with Gasteiger partial charge in [0.2, 0.25) is 0 Å². The molecule has 17 heavy (non-hydrogen) atoms. The van der Waals surface area contributed by atoms with E-state index in [0.29, 0.717) is 4.47 Å². The highest BCUT2D eigenvalue weighted by Gasteiger charge is 2.10. The Hall–Kier alpha value is -1.35. The molecule has 1 heterocycles. The van der Waals surface area contributed by atoms with Gasteiger partial charge in [-0.1, -0.05) is 30.3 Å². The molecule has 0 spiro atoms. The van der Waals surface area contributed by atoms with Crippen molar-refractivity contribution in [3.05, 3.63) is 67.5 Å². The maximum atomic E-state index is 11.6. The first-order valence-corrected chi connectivity index (χ1v) is 6.30. The SMILES string of the molecule is Cc1[nH]c(=O)c(Br)c(C)c1Cc1ccccc1. The summed E-state index contributed by atoms with van der Waals surface area (Å²) in [6.07, 6.45) is 0.841. The van der Waals surface area contributed by atoms with E-state index in [4.69, 9.17) is 0 Å². The fourth-order valence-electron chi connectivity index (χ4n) is 1.95. The number of hydrogen-bond acceptors (Lipinski definition) is 1. The molecule has 0 radical (unpaired) electrons. The van der Waals surface area contributed by atoms with E-state index >= 15 is 0 Å². The van der Waals surface area contributed by atoms with Crippen molar-refractivity contribution in [1.29, 1.82) is 0 Å². The predicted octanol–water partition coefficient (Wildman–Crippen LogP) is 3.35. The van der Waals surface area contributed by atoms with E-state index in [1.807, 2.05) is 32.0 Å². The lowest BCUT2D eigenvalue weighted by Gasteiger charge is -2.11. The number of aromatic nitrogens is 1. The van der Waals surface area contributed by atoms with Crippen molar-refractivity contribution in [3.63, 3.8) is 0 Å². The Balaban J connectivity index is 2.47. The fourth-order valence-corrected chi connectivity index (χ4v) is 2.29. The number of nitrogens with one attached hydrogen (secondary N) is 1. The molecule has 1 aromatic heterocycles. The molecule has 2 aromatic rings. The largest absolute Gasteiger partial charge is 0.325 e. The van der Waals surface area contributed by atoms with Crippen molar-refractivity contribution >= 4 is 15.9 Å². The Kier molecular flexibility index (Phi) is 3.48. The molecule has 88 valence electrons. The molecule has 2 rings (SSSR count). The number of H-pyrrole nitrogens is 1. The highest BCUT2D eigenvalue weighted by molar-refractivity contribution is 9.10. The summed E-state index contributed by atoms with van der Waals surface area (Å²) >= 11 is 3.33. The smallest absolute Gasteiger partial charge is 0.262 e. The van der Waals surface area contributed by atoms with Crippen LogP contribution in [0, 0.1) is 13.8 Å². The number of aryl methyl sites for hydroxylation is 1. The lowest BCUT2D eigenvalue weighted by atomic mass is 10.00. The van der Waals surface area contributed by atoms with Gasteiger partial charge in [0, 0.05) is 5.69 Å². The second kappa shape index (κ2) is 4.88. The third-order valence-electron chi connectivity index (χ3n) is 2.96. The van der Waals surface area contributed by atoms with Crippen molar-refractivity contribution < 1.29 is 0 Å². The van der Waals surface area contributed by atoms with Gasteiger partial charge in [-0.2, -0.15) is 0 Å². The molecular weight excluding hydrogens is 278 g/mol. The maximum absolute atomic E-state index is 11.6. The van der Waals surface area contributed by atoms with Crippen LogP contribution in [0.5, 0.6) is 0 Å². The van der Waals surface area contributed by atoms with Gasteiger partial charge in [0.15, 0.2) is 0 Å². The number of hydrogen-bond donors (Lipinski definition) is 1. The van der Waals surface area contributed by atoms with Crippen LogP contribution in [0.4, 0.5) is 0 Å². The van der Waals surface area contributed by atoms with Gasteiger partial charge in [-0.05, 0) is 52.9 Å². The van der Waals surface area contributed by atoms with Crippen molar-refractivity contribution in [2.75, 3.05) is 0 Å². The van der Waals surface area contributed by atoms with Crippen molar-refractivity contribution in [1.82, 2.24) is 4.98 Å². The van der Waals surface area contributed by atoms with Crippen LogP contribution in [0.15, 0.2) is 39.6 Å². The van der Waals surface area contributed by atoms with Crippen LogP contribution in [0.3, 0.4) is 0 Å². The first-order valence-electron chi connectivity index (χ1n) is 5.51. The van der Waals surface area contributed by atoms with E-state index < -0.39 is 0 Å². The van der Waals surface area contributed by atoms with Gasteiger partial charge in [-0.15, -0.1) is 0 Å². The molecule has 2 nitrogen and oxygen atoms in total. The standard InChI is InChI=1S/C14H14BrNO/c1-9-12(8-11-6-4-3-5-7-11)10(2)16-14(17)13(9)15/h3-7H,8H2,1-2H3,(H,16,17). The maximum Gasteiger partial charge on any atom is 0.262 e. The minimum absolute atomic E-state index is 0.0585. The van der Waals surface area contributed by atoms with Crippen LogP contribution in [0.2, 0.25) is 0 Å². The van der Waals surface area contributed by atoms with Crippen molar-refractivity contribution in [2.24, 2.45) is 0 Å². The predicted molar refractivity (Wildman–Crippen MR) is 73.5 cm³/mol. The van der Waals surface area contributed by atoms with E-state index in [1.165, 1.54) is 11.1 Å². The van der Waals surface area contributed by atoms with Gasteiger partial charge < -0.3 is 4.98 Å². The van der Waals surface area contributed by atoms with Gasteiger partial charge in [0.05, 0.1) is 4.47 Å². The molecule has 3 heteroatoms. The zero-order valence-corrected chi connectivity index (χ0v) is 11.5. The topological polar surface area (TPSA) is 32.9 Å². The third-order valence-corrected chi connectivity index (χ3v) is 3.91. The lowest BCUT2D eigenvalue weighted by Crippen LogP contribution is -2.13. The van der Waals surface area contributed by atoms with E-state index in [2.05, 4.69) is 33.0 Å². The number of rotatable bonds is 2. The average Bonchev–Trinajstić information content (AvgIpc) is 2.33. The summed E-state index contributed by atoms with van der Waals surface area (Å²) < 4.78 is 0.633. The summed E-state index contributed by atoms with van der Waals surface area (Å²) in [4.78, 5) is 14.4. The zero-order chi connectivity index (χ0) is 12.4. The van der Waals surface area contributed by atoms with Gasteiger partial charge in [-0.25, -0.2) is 0 Å². The summed E-state index contributed by atoms with van der Waals surface area (Å²) in [6.45, 7) is 3.92. The first kappa shape index (κ1) is 12.1. The molecule has 1 aromatic carbocycles. The summed E-state index contributed by atoms with van der Waals surface area (Å²) in [6, 6.07) is 10.3. The molecule has 0 bridgehead atoms. The van der Waals surface area contributed by atoms with E-state index in [1.54, 1.807) is 0 Å². The summed E-state index contributed by atoms with van der Waals surface area (Å²) in [5.74, 6) is 0. The molecule has 0 saturated carbocycles. The van der Waals surface area contributed by atoms with Crippen LogP contribution in [0.25, 0.3) is 0 Å². The number of benzene rings is 1. The minimum Gasteiger partial charge on any atom is -0.325 e. The van der Waals surface area contributed by atoms with Gasteiger partial charge in [0.1, 0.15) is 0 Å². The van der Waals surface area contributed by atoms with Crippen LogP contribution < -0.4 is 5.56 Å². The van der Waals surface area contributed by atoms with Crippen LogP contribution in [-0.4, -0.2) is 4.98 Å². The second-order valence-electron chi connectivity index (χ2n) is 4.16. The fraction of sp³-hybridized carbons (Fsp3) is 0.214. The van der Waals surface area contributed by atoms with Crippen LogP contribution >= 0.6 is 15.9 Å². The Bertz CT molecular complexity index is 587. The molecule has 0 aliphatic carbocycles. The van der Waals surface area contributed by atoms with Gasteiger partial charge in [-0.3, -0.25) is 4.79 Å². The molecular formula is C14H14BrNO. The number of pyridine rings is 1. The molecule has 0 aliphatic heterocycles. The van der Waals surface area contributed by atoms with Crippen LogP contribution in [-0.2, 0) is 6.42 Å². The third kappa shape index (κ3) is 2.50. The molecule has 0 saturated heterocycles. The first-order chi connectivity index (χ1) is 8.09. The average molecular weight is 292 g/mol. The zero-order valence-electron chi connectivity index (χ0n) is 9.88. The summed E-state index contributed by atoms with van der Waals surface area (Å²) in [7, 11) is 0. The Morgan fingerprint density at radius 1 is 1.18 bits per heavy atom. The summed E-state index contributed by atoms with van der Waals surface area (Å²) in [5, 5.41) is 0. The van der Waals surface area contributed by atoms with Crippen molar-refractivity contribution in [3.8, 4) is 0 Å². The molecule has 0 atom stereocenters. The molecule has 1 N–H and O–H groups in total. The molecule has 0 fully saturated rings. The lowest BCUT2D eigenvalue weighted by molar-refractivity contribution is 1.01. The highest BCUT2D eigenvalue weighted by atomic mass is 79.9. The van der Waals surface area contributed by atoms with Crippen LogP contribution in [0.1, 0.15) is 22.4 Å². The second-order valence-corrected chi connectivity index (χ2v) is 4.95. The van der Waals surface area contributed by atoms with Gasteiger partial charge in [0.25, 0.3) is 5.56 Å². The number of halogens is 1. The molecule has 0 amide bonds. The Morgan fingerprint density at radius 3 is 2.47 bits per heavy atom. The monoisotopic (exact) mass is 291 g/mol. The normalized spacial score (nSPS) is 10.5. The quantitative estimate of drug-likeness (QED) is 0.904. The van der Waals surface area contributed by atoms with E-state index in [9.17, 15) is 4.79 Å². The minimum atomic E-state index is -0.0585. The number of aromatic amines is 1. The van der Waals surface area contributed by atoms with E-state index in [0.717, 1.165) is 17.7 Å². The van der Waals surface area contributed by atoms with Gasteiger partial charge >= 0.3 is 0 Å². The van der Waals surface area contributed by atoms with E-state index in [-0.39, 0.29) is 5.56 Å². The van der Waals surface area contributed by atoms with Crippen molar-refractivity contribution in [2.45, 2.75) is 20.3 Å². The Labute approximate surface area is 109 Å².